The average Bonchev–Trinajstić information content (AvgIpc) is 3.34. The Hall–Kier alpha value is -2.37. The lowest BCUT2D eigenvalue weighted by Gasteiger charge is -2.40. The number of benzene rings is 2. The predicted molar refractivity (Wildman–Crippen MR) is 129 cm³/mol. The molecule has 0 bridgehead atoms. The molecule has 1 saturated carbocycles. The summed E-state index contributed by atoms with van der Waals surface area (Å²) >= 11 is 5.98. The van der Waals surface area contributed by atoms with Crippen LogP contribution in [0, 0.1) is 5.92 Å². The molecular weight excluding hydrogens is 422 g/mol. The van der Waals surface area contributed by atoms with Crippen LogP contribution in [0.4, 0.5) is 5.69 Å². The molecule has 0 radical (unpaired) electrons. The minimum Gasteiger partial charge on any atom is -0.340 e. The molecule has 2 amide bonds. The van der Waals surface area contributed by atoms with Crippen LogP contribution in [0.3, 0.4) is 0 Å². The fraction of sp³-hybridized carbons (Fsp3) is 0.462. The number of piperazine rings is 1. The highest BCUT2D eigenvalue weighted by Crippen LogP contribution is 2.32. The zero-order valence-electron chi connectivity index (χ0n) is 18.5. The maximum atomic E-state index is 13.3. The van der Waals surface area contributed by atoms with Crippen LogP contribution in [0.1, 0.15) is 37.7 Å². The summed E-state index contributed by atoms with van der Waals surface area (Å²) in [6.07, 6.45) is 5.87. The average molecular weight is 454 g/mol. The molecular formula is C26H32ClN3O2. The number of carbonyl (C=O) groups is 2. The van der Waals surface area contributed by atoms with Crippen LogP contribution >= 0.6 is 11.6 Å². The number of rotatable bonds is 7. The molecule has 170 valence electrons. The molecule has 0 aromatic heterocycles. The van der Waals surface area contributed by atoms with Gasteiger partial charge in [-0.3, -0.25) is 14.5 Å². The molecule has 32 heavy (non-hydrogen) atoms. The smallest absolute Gasteiger partial charge is 0.242 e. The molecule has 6 heteroatoms. The van der Waals surface area contributed by atoms with Crippen LogP contribution in [0.25, 0.3) is 0 Å². The summed E-state index contributed by atoms with van der Waals surface area (Å²) in [5.41, 5.74) is 1.97. The van der Waals surface area contributed by atoms with E-state index in [4.69, 9.17) is 11.6 Å². The molecule has 5 nitrogen and oxygen atoms in total. The topological polar surface area (TPSA) is 52.7 Å². The fourth-order valence-corrected chi connectivity index (χ4v) is 5.13. The zero-order chi connectivity index (χ0) is 22.3. The SMILES string of the molecule is O=C(Nc1ccc(Cl)cc1)C(C1CCCC1)N1CCN(C(=O)CCc2ccccc2)CC1. The van der Waals surface area contributed by atoms with Gasteiger partial charge in [-0.25, -0.2) is 0 Å². The van der Waals surface area contributed by atoms with Crippen LogP contribution in [-0.4, -0.2) is 53.8 Å². The second-order valence-electron chi connectivity index (χ2n) is 8.89. The third-order valence-corrected chi connectivity index (χ3v) is 7.01. The Labute approximate surface area is 195 Å². The lowest BCUT2D eigenvalue weighted by Crippen LogP contribution is -2.57. The normalized spacial score (nSPS) is 18.5. The van der Waals surface area contributed by atoms with E-state index >= 15 is 0 Å². The van der Waals surface area contributed by atoms with Crippen molar-refractivity contribution in [2.45, 2.75) is 44.6 Å². The lowest BCUT2D eigenvalue weighted by atomic mass is 9.94. The molecule has 1 aliphatic heterocycles. The number of aryl methyl sites for hydroxylation is 1. The first-order chi connectivity index (χ1) is 15.6. The molecule has 4 rings (SSSR count). The quantitative estimate of drug-likeness (QED) is 0.665. The van der Waals surface area contributed by atoms with Gasteiger partial charge in [0, 0.05) is 43.3 Å². The van der Waals surface area contributed by atoms with Gasteiger partial charge in [-0.05, 0) is 55.0 Å². The molecule has 1 saturated heterocycles. The highest BCUT2D eigenvalue weighted by molar-refractivity contribution is 6.30. The molecule has 2 aromatic carbocycles. The number of hydrogen-bond acceptors (Lipinski definition) is 3. The van der Waals surface area contributed by atoms with Crippen LogP contribution in [-0.2, 0) is 16.0 Å². The van der Waals surface area contributed by atoms with Crippen molar-refractivity contribution in [3.63, 3.8) is 0 Å². The van der Waals surface area contributed by atoms with Gasteiger partial charge in [0.1, 0.15) is 0 Å². The number of amides is 2. The van der Waals surface area contributed by atoms with Crippen LogP contribution in [0.5, 0.6) is 0 Å². The van der Waals surface area contributed by atoms with E-state index in [1.54, 1.807) is 12.1 Å². The summed E-state index contributed by atoms with van der Waals surface area (Å²) in [7, 11) is 0. The van der Waals surface area contributed by atoms with E-state index in [2.05, 4.69) is 22.3 Å². The fourth-order valence-electron chi connectivity index (χ4n) is 5.00. The molecule has 2 aromatic rings. The van der Waals surface area contributed by atoms with E-state index in [0.717, 1.165) is 38.0 Å². The van der Waals surface area contributed by atoms with Gasteiger partial charge >= 0.3 is 0 Å². The summed E-state index contributed by atoms with van der Waals surface area (Å²) in [5, 5.41) is 3.75. The number of nitrogens with zero attached hydrogens (tertiary/aromatic N) is 2. The number of halogens is 1. The number of anilines is 1. The molecule has 1 heterocycles. The summed E-state index contributed by atoms with van der Waals surface area (Å²) < 4.78 is 0. The van der Waals surface area contributed by atoms with Crippen molar-refractivity contribution in [2.24, 2.45) is 5.92 Å². The van der Waals surface area contributed by atoms with Gasteiger partial charge in [0.05, 0.1) is 6.04 Å². The number of carbonyl (C=O) groups excluding carboxylic acids is 2. The highest BCUT2D eigenvalue weighted by atomic mass is 35.5. The minimum absolute atomic E-state index is 0.0584. The van der Waals surface area contributed by atoms with E-state index in [-0.39, 0.29) is 17.9 Å². The van der Waals surface area contributed by atoms with Crippen molar-refractivity contribution in [1.29, 1.82) is 0 Å². The van der Waals surface area contributed by atoms with Gasteiger partial charge in [-0.1, -0.05) is 54.8 Å². The van der Waals surface area contributed by atoms with E-state index in [1.165, 1.54) is 18.4 Å². The molecule has 2 fully saturated rings. The first-order valence-electron chi connectivity index (χ1n) is 11.7. The maximum Gasteiger partial charge on any atom is 0.242 e. The molecule has 1 N–H and O–H groups in total. The molecule has 1 aliphatic carbocycles. The van der Waals surface area contributed by atoms with E-state index in [0.29, 0.717) is 30.5 Å². The zero-order valence-corrected chi connectivity index (χ0v) is 19.3. The van der Waals surface area contributed by atoms with Crippen molar-refractivity contribution < 1.29 is 9.59 Å². The molecule has 0 spiro atoms. The Morgan fingerprint density at radius 1 is 0.938 bits per heavy atom. The Balaban J connectivity index is 1.34. The van der Waals surface area contributed by atoms with Gasteiger partial charge in [-0.15, -0.1) is 0 Å². The summed E-state index contributed by atoms with van der Waals surface area (Å²) in [5.74, 6) is 0.641. The Morgan fingerprint density at radius 3 is 2.25 bits per heavy atom. The Kier molecular flexibility index (Phi) is 7.82. The van der Waals surface area contributed by atoms with Crippen LogP contribution < -0.4 is 5.32 Å². The minimum atomic E-state index is -0.144. The van der Waals surface area contributed by atoms with Gasteiger partial charge in [0.25, 0.3) is 0 Å². The first-order valence-corrected chi connectivity index (χ1v) is 12.1. The third kappa shape index (κ3) is 5.90. The lowest BCUT2D eigenvalue weighted by molar-refractivity contribution is -0.134. The van der Waals surface area contributed by atoms with Crippen molar-refractivity contribution in [2.75, 3.05) is 31.5 Å². The first kappa shape index (κ1) is 22.8. The van der Waals surface area contributed by atoms with E-state index < -0.39 is 0 Å². The van der Waals surface area contributed by atoms with Gasteiger partial charge in [-0.2, -0.15) is 0 Å². The van der Waals surface area contributed by atoms with Crippen LogP contribution in [0.15, 0.2) is 54.6 Å². The van der Waals surface area contributed by atoms with Crippen molar-refractivity contribution >= 4 is 29.1 Å². The van der Waals surface area contributed by atoms with Gasteiger partial charge in [0.15, 0.2) is 0 Å². The van der Waals surface area contributed by atoms with Crippen molar-refractivity contribution in [3.05, 3.63) is 65.2 Å². The summed E-state index contributed by atoms with van der Waals surface area (Å²) in [6, 6.07) is 17.3. The van der Waals surface area contributed by atoms with Crippen molar-refractivity contribution in [1.82, 2.24) is 9.80 Å². The predicted octanol–water partition coefficient (Wildman–Crippen LogP) is 4.61. The van der Waals surface area contributed by atoms with Gasteiger partial charge in [0.2, 0.25) is 11.8 Å². The second-order valence-corrected chi connectivity index (χ2v) is 9.32. The molecule has 2 aliphatic rings. The molecule has 1 atom stereocenters. The van der Waals surface area contributed by atoms with E-state index in [9.17, 15) is 9.59 Å². The Bertz CT molecular complexity index is 889. The van der Waals surface area contributed by atoms with E-state index in [1.807, 2.05) is 35.2 Å². The van der Waals surface area contributed by atoms with Gasteiger partial charge < -0.3 is 10.2 Å². The monoisotopic (exact) mass is 453 g/mol. The number of hydrogen-bond donors (Lipinski definition) is 1. The molecule has 1 unspecified atom stereocenters. The third-order valence-electron chi connectivity index (χ3n) is 6.76. The second kappa shape index (κ2) is 11.0. The number of nitrogens with one attached hydrogen (secondary N) is 1. The highest BCUT2D eigenvalue weighted by Gasteiger charge is 2.37. The standard InChI is InChI=1S/C26H32ClN3O2/c27-22-11-13-23(14-12-22)28-26(32)25(21-8-4-5-9-21)30-18-16-29(17-19-30)24(31)15-10-20-6-2-1-3-7-20/h1-3,6-7,11-14,21,25H,4-5,8-10,15-19H2,(H,28,32). The largest absolute Gasteiger partial charge is 0.340 e. The summed E-state index contributed by atoms with van der Waals surface area (Å²) in [6.45, 7) is 2.86. The summed E-state index contributed by atoms with van der Waals surface area (Å²) in [4.78, 5) is 30.3. The van der Waals surface area contributed by atoms with Crippen molar-refractivity contribution in [3.8, 4) is 0 Å². The maximum absolute atomic E-state index is 13.3. The van der Waals surface area contributed by atoms with Crippen LogP contribution in [0.2, 0.25) is 5.02 Å². The Morgan fingerprint density at radius 2 is 1.59 bits per heavy atom.